The number of carbonyl (C=O) groups is 1. The van der Waals surface area contributed by atoms with E-state index in [0.717, 1.165) is 6.42 Å². The lowest BCUT2D eigenvalue weighted by Gasteiger charge is -2.08. The van der Waals surface area contributed by atoms with Gasteiger partial charge in [-0.25, -0.2) is 0 Å². The molecular formula is C26H52O2. The lowest BCUT2D eigenvalue weighted by atomic mass is 9.99. The van der Waals surface area contributed by atoms with Crippen molar-refractivity contribution < 1.29 is 9.90 Å². The second-order valence-electron chi connectivity index (χ2n) is 9.21. The van der Waals surface area contributed by atoms with Gasteiger partial charge in [-0.3, -0.25) is 4.79 Å². The van der Waals surface area contributed by atoms with E-state index >= 15 is 0 Å². The summed E-state index contributed by atoms with van der Waals surface area (Å²) in [5, 5.41) is 8.75. The summed E-state index contributed by atoms with van der Waals surface area (Å²) >= 11 is 0. The molecule has 0 bridgehead atoms. The van der Waals surface area contributed by atoms with Crippen LogP contribution in [0.5, 0.6) is 0 Å². The lowest BCUT2D eigenvalue weighted by Crippen LogP contribution is -2.03. The van der Waals surface area contributed by atoms with Gasteiger partial charge in [-0.2, -0.15) is 0 Å². The van der Waals surface area contributed by atoms with Crippen molar-refractivity contribution >= 4 is 5.97 Å². The molecule has 2 heteroatoms. The molecule has 0 amide bonds. The van der Waals surface area contributed by atoms with Gasteiger partial charge in [-0.15, -0.1) is 0 Å². The minimum absolute atomic E-state index is 0.332. The fourth-order valence-corrected chi connectivity index (χ4v) is 4.15. The highest BCUT2D eigenvalue weighted by Gasteiger charge is 2.06. The molecule has 0 aliphatic heterocycles. The van der Waals surface area contributed by atoms with E-state index in [1.165, 1.54) is 128 Å². The van der Waals surface area contributed by atoms with Gasteiger partial charge in [0, 0.05) is 6.42 Å². The second kappa shape index (κ2) is 22.8. The molecule has 0 rings (SSSR count). The highest BCUT2D eigenvalue weighted by molar-refractivity contribution is 5.66. The van der Waals surface area contributed by atoms with Crippen LogP contribution in [0.1, 0.15) is 155 Å². The zero-order valence-electron chi connectivity index (χ0n) is 19.5. The molecule has 1 unspecified atom stereocenters. The number of carboxylic acid groups (broad SMARTS) is 1. The smallest absolute Gasteiger partial charge is 0.303 e. The first kappa shape index (κ1) is 27.5. The largest absolute Gasteiger partial charge is 0.481 e. The molecule has 0 radical (unpaired) electrons. The van der Waals surface area contributed by atoms with Gasteiger partial charge in [0.1, 0.15) is 0 Å². The number of carboxylic acids is 1. The van der Waals surface area contributed by atoms with Crippen LogP contribution in [-0.4, -0.2) is 11.1 Å². The van der Waals surface area contributed by atoms with Crippen LogP contribution in [0.4, 0.5) is 0 Å². The second-order valence-corrected chi connectivity index (χ2v) is 9.21. The van der Waals surface area contributed by atoms with Gasteiger partial charge in [0.2, 0.25) is 0 Å². The number of hydrogen-bond acceptors (Lipinski definition) is 1. The van der Waals surface area contributed by atoms with Crippen LogP contribution in [-0.2, 0) is 4.79 Å². The maximum absolute atomic E-state index is 10.6. The molecule has 0 aromatic carbocycles. The molecule has 2 nitrogen and oxygen atoms in total. The molecule has 0 heterocycles. The Bertz CT molecular complexity index is 314. The SMILES string of the molecule is CCCCCCCCCCCCCCCCCCCCCCC(C)CC(=O)O. The molecule has 0 spiro atoms. The van der Waals surface area contributed by atoms with Crippen LogP contribution in [0, 0.1) is 5.92 Å². The molecule has 1 atom stereocenters. The van der Waals surface area contributed by atoms with E-state index < -0.39 is 5.97 Å². The van der Waals surface area contributed by atoms with Crippen LogP contribution in [0.3, 0.4) is 0 Å². The Morgan fingerprint density at radius 2 is 0.857 bits per heavy atom. The highest BCUT2D eigenvalue weighted by atomic mass is 16.4. The van der Waals surface area contributed by atoms with E-state index in [1.807, 2.05) is 0 Å². The van der Waals surface area contributed by atoms with E-state index in [-0.39, 0.29) is 0 Å². The van der Waals surface area contributed by atoms with Crippen LogP contribution in [0.2, 0.25) is 0 Å². The summed E-state index contributed by atoms with van der Waals surface area (Å²) < 4.78 is 0. The normalized spacial score (nSPS) is 12.4. The highest BCUT2D eigenvalue weighted by Crippen LogP contribution is 2.16. The predicted octanol–water partition coefficient (Wildman–Crippen LogP) is 9.31. The van der Waals surface area contributed by atoms with Crippen molar-refractivity contribution in [2.75, 3.05) is 0 Å². The van der Waals surface area contributed by atoms with Crippen molar-refractivity contribution in [2.24, 2.45) is 5.92 Å². The fraction of sp³-hybridized carbons (Fsp3) is 0.962. The molecule has 0 aromatic heterocycles. The third kappa shape index (κ3) is 23.5. The molecule has 0 saturated heterocycles. The van der Waals surface area contributed by atoms with E-state index in [2.05, 4.69) is 13.8 Å². The van der Waals surface area contributed by atoms with Crippen LogP contribution in [0.25, 0.3) is 0 Å². The predicted molar refractivity (Wildman–Crippen MR) is 124 cm³/mol. The Morgan fingerprint density at radius 3 is 1.14 bits per heavy atom. The third-order valence-corrected chi connectivity index (χ3v) is 6.07. The quantitative estimate of drug-likeness (QED) is 0.175. The van der Waals surface area contributed by atoms with Gasteiger partial charge in [-0.1, -0.05) is 149 Å². The number of rotatable bonds is 23. The minimum atomic E-state index is -0.652. The number of hydrogen-bond donors (Lipinski definition) is 1. The van der Waals surface area contributed by atoms with Crippen LogP contribution < -0.4 is 0 Å². The molecule has 0 aliphatic rings. The van der Waals surface area contributed by atoms with Gasteiger partial charge < -0.3 is 5.11 Å². The average molecular weight is 397 g/mol. The van der Waals surface area contributed by atoms with Crippen LogP contribution >= 0.6 is 0 Å². The zero-order valence-corrected chi connectivity index (χ0v) is 19.5. The monoisotopic (exact) mass is 396 g/mol. The van der Waals surface area contributed by atoms with E-state index in [0.29, 0.717) is 12.3 Å². The minimum Gasteiger partial charge on any atom is -0.481 e. The molecule has 28 heavy (non-hydrogen) atoms. The van der Waals surface area contributed by atoms with Gasteiger partial charge in [-0.05, 0) is 5.92 Å². The van der Waals surface area contributed by atoms with E-state index in [9.17, 15) is 4.79 Å². The van der Waals surface area contributed by atoms with Crippen molar-refractivity contribution in [1.29, 1.82) is 0 Å². The maximum atomic E-state index is 10.6. The van der Waals surface area contributed by atoms with Crippen LogP contribution in [0.15, 0.2) is 0 Å². The van der Waals surface area contributed by atoms with Gasteiger partial charge >= 0.3 is 5.97 Å². The molecule has 0 aliphatic carbocycles. The molecule has 0 aromatic rings. The van der Waals surface area contributed by atoms with E-state index in [4.69, 9.17) is 5.11 Å². The maximum Gasteiger partial charge on any atom is 0.303 e. The van der Waals surface area contributed by atoms with Gasteiger partial charge in [0.05, 0.1) is 0 Å². The fourth-order valence-electron chi connectivity index (χ4n) is 4.15. The van der Waals surface area contributed by atoms with Gasteiger partial charge in [0.15, 0.2) is 0 Å². The Kier molecular flexibility index (Phi) is 22.3. The molecule has 1 N–H and O–H groups in total. The average Bonchev–Trinajstić information content (AvgIpc) is 2.66. The van der Waals surface area contributed by atoms with Crippen molar-refractivity contribution in [2.45, 2.75) is 155 Å². The summed E-state index contributed by atoms with van der Waals surface area (Å²) in [4.78, 5) is 10.6. The standard InChI is InChI=1S/C26H52O2/c1-3-4-5-6-7-8-9-10-11-12-13-14-15-16-17-18-19-20-21-22-23-25(2)24-26(27)28/h25H,3-24H2,1-2H3,(H,27,28). The Labute approximate surface area is 177 Å². The molecule has 168 valence electrons. The molecular weight excluding hydrogens is 344 g/mol. The first-order valence-corrected chi connectivity index (χ1v) is 12.9. The van der Waals surface area contributed by atoms with Gasteiger partial charge in [0.25, 0.3) is 0 Å². The summed E-state index contributed by atoms with van der Waals surface area (Å²) in [6, 6.07) is 0. The summed E-state index contributed by atoms with van der Waals surface area (Å²) in [7, 11) is 0. The Morgan fingerprint density at radius 1 is 0.571 bits per heavy atom. The molecule has 0 fully saturated rings. The summed E-state index contributed by atoms with van der Waals surface area (Å²) in [5.41, 5.74) is 0. The topological polar surface area (TPSA) is 37.3 Å². The Hall–Kier alpha value is -0.530. The number of aliphatic carboxylic acids is 1. The van der Waals surface area contributed by atoms with Crippen molar-refractivity contribution in [3.05, 3.63) is 0 Å². The number of unbranched alkanes of at least 4 members (excludes halogenated alkanes) is 19. The zero-order chi connectivity index (χ0) is 20.7. The summed E-state index contributed by atoms with van der Waals surface area (Å²) in [6.07, 6.45) is 29.6. The van der Waals surface area contributed by atoms with Crippen molar-refractivity contribution in [3.8, 4) is 0 Å². The first-order valence-electron chi connectivity index (χ1n) is 12.9. The summed E-state index contributed by atoms with van der Waals surface area (Å²) in [5.74, 6) is -0.311. The first-order chi connectivity index (χ1) is 13.7. The third-order valence-electron chi connectivity index (χ3n) is 6.07. The van der Waals surface area contributed by atoms with Crippen molar-refractivity contribution in [3.63, 3.8) is 0 Å². The Balaban J connectivity index is 3.06. The molecule has 0 saturated carbocycles. The summed E-state index contributed by atoms with van der Waals surface area (Å²) in [6.45, 7) is 4.35. The van der Waals surface area contributed by atoms with E-state index in [1.54, 1.807) is 0 Å². The lowest BCUT2D eigenvalue weighted by molar-refractivity contribution is -0.138. The van der Waals surface area contributed by atoms with Crippen molar-refractivity contribution in [1.82, 2.24) is 0 Å².